The summed E-state index contributed by atoms with van der Waals surface area (Å²) in [4.78, 5) is 53.0. The van der Waals surface area contributed by atoms with Gasteiger partial charge >= 0.3 is 0 Å². The van der Waals surface area contributed by atoms with E-state index in [-0.39, 0.29) is 30.2 Å². The van der Waals surface area contributed by atoms with Crippen LogP contribution in [0.15, 0.2) is 24.3 Å². The lowest BCUT2D eigenvalue weighted by Crippen LogP contribution is -2.54. The van der Waals surface area contributed by atoms with E-state index in [1.54, 1.807) is 24.3 Å². The van der Waals surface area contributed by atoms with E-state index in [0.717, 1.165) is 25.7 Å². The molecule has 8 nitrogen and oxygen atoms in total. The molecule has 0 unspecified atom stereocenters. The third-order valence-electron chi connectivity index (χ3n) is 6.77. The minimum Gasteiger partial charge on any atom is -0.370 e. The molecule has 0 radical (unpaired) electrons. The first-order chi connectivity index (χ1) is 13.4. The van der Waals surface area contributed by atoms with Crippen molar-refractivity contribution in [1.82, 2.24) is 10.2 Å². The topological polar surface area (TPSA) is 122 Å². The number of hydrogen-bond acceptors (Lipinski definition) is 5. The molecule has 3 aliphatic heterocycles. The lowest BCUT2D eigenvalue weighted by Gasteiger charge is -2.31. The van der Waals surface area contributed by atoms with Gasteiger partial charge in [0.05, 0.1) is 11.8 Å². The van der Waals surface area contributed by atoms with E-state index in [1.807, 2.05) is 0 Å². The van der Waals surface area contributed by atoms with Crippen molar-refractivity contribution in [3.05, 3.63) is 29.8 Å². The molecule has 8 heteroatoms. The van der Waals surface area contributed by atoms with E-state index in [4.69, 9.17) is 5.73 Å². The molecule has 4 aliphatic rings. The lowest BCUT2D eigenvalue weighted by atomic mass is 9.76. The molecule has 1 saturated carbocycles. The van der Waals surface area contributed by atoms with Crippen LogP contribution < -0.4 is 16.4 Å². The number of carbonyl (C=O) groups is 4. The summed E-state index contributed by atoms with van der Waals surface area (Å²) in [6, 6.07) is 6.40. The minimum atomic E-state index is -1.35. The van der Waals surface area contributed by atoms with E-state index in [1.165, 1.54) is 4.90 Å². The first-order valence-corrected chi connectivity index (χ1v) is 9.79. The van der Waals surface area contributed by atoms with E-state index in [9.17, 15) is 19.2 Å². The highest BCUT2D eigenvalue weighted by Crippen LogP contribution is 2.54. The predicted molar refractivity (Wildman–Crippen MR) is 98.6 cm³/mol. The van der Waals surface area contributed by atoms with Gasteiger partial charge in [-0.2, -0.15) is 0 Å². The third-order valence-corrected chi connectivity index (χ3v) is 6.77. The number of fused-ring (bicyclic) bond motifs is 4. The van der Waals surface area contributed by atoms with Crippen LogP contribution in [0.1, 0.15) is 37.7 Å². The number of nitrogens with zero attached hydrogens (tertiary/aromatic N) is 1. The highest BCUT2D eigenvalue weighted by molar-refractivity contribution is 6.15. The van der Waals surface area contributed by atoms with Crippen molar-refractivity contribution >= 4 is 29.3 Å². The number of benzene rings is 1. The van der Waals surface area contributed by atoms with Crippen LogP contribution in [0.3, 0.4) is 0 Å². The molecule has 0 bridgehead atoms. The standard InChI is InChI=1S/C20H22N4O4/c21-14(25)9-13-15-16(18(27)24(17(15)26)10-5-1-2-6-10)20(23-13)11-7-3-4-8-12(11)22-19(20)28/h3-4,7-8,10,13,15-16,23H,1-2,5-6,9H2,(H2,21,25)(H,22,28)/t13-,15-,16-,20+/m1/s1. The van der Waals surface area contributed by atoms with Crippen LogP contribution >= 0.6 is 0 Å². The van der Waals surface area contributed by atoms with Crippen molar-refractivity contribution < 1.29 is 19.2 Å². The van der Waals surface area contributed by atoms with E-state index in [2.05, 4.69) is 10.6 Å². The predicted octanol–water partition coefficient (Wildman–Crippen LogP) is 0.225. The highest BCUT2D eigenvalue weighted by atomic mass is 16.2. The summed E-state index contributed by atoms with van der Waals surface area (Å²) in [5.41, 5.74) is 5.35. The maximum absolute atomic E-state index is 13.5. The van der Waals surface area contributed by atoms with Crippen LogP contribution in [0.5, 0.6) is 0 Å². The molecular weight excluding hydrogens is 360 g/mol. The first kappa shape index (κ1) is 17.4. The Hall–Kier alpha value is -2.74. The van der Waals surface area contributed by atoms with Gasteiger partial charge in [-0.1, -0.05) is 31.0 Å². The van der Waals surface area contributed by atoms with Crippen molar-refractivity contribution in [1.29, 1.82) is 0 Å². The zero-order valence-electron chi connectivity index (χ0n) is 15.3. The first-order valence-electron chi connectivity index (χ1n) is 9.79. The Balaban J connectivity index is 1.64. The van der Waals surface area contributed by atoms with E-state index in [0.29, 0.717) is 11.3 Å². The number of rotatable bonds is 3. The fourth-order valence-corrected chi connectivity index (χ4v) is 5.69. The molecule has 5 rings (SSSR count). The third kappa shape index (κ3) is 2.09. The molecule has 146 valence electrons. The molecule has 2 saturated heterocycles. The number of anilines is 1. The van der Waals surface area contributed by atoms with Crippen molar-refractivity contribution in [3.63, 3.8) is 0 Å². The molecule has 4 N–H and O–H groups in total. The normalized spacial score (nSPS) is 34.2. The summed E-state index contributed by atoms with van der Waals surface area (Å²) in [6.07, 6.45) is 3.44. The van der Waals surface area contributed by atoms with Crippen LogP contribution in [-0.4, -0.2) is 40.6 Å². The average molecular weight is 382 g/mol. The van der Waals surface area contributed by atoms with Gasteiger partial charge in [0.25, 0.3) is 0 Å². The zero-order chi connectivity index (χ0) is 19.6. The minimum absolute atomic E-state index is 0.101. The van der Waals surface area contributed by atoms with Gasteiger partial charge in [-0.25, -0.2) is 0 Å². The molecule has 3 heterocycles. The molecule has 4 amide bonds. The Morgan fingerprint density at radius 3 is 2.57 bits per heavy atom. The van der Waals surface area contributed by atoms with Crippen molar-refractivity contribution in [2.45, 2.75) is 49.7 Å². The number of nitrogens with one attached hydrogen (secondary N) is 2. The number of likely N-dealkylation sites (tertiary alicyclic amines) is 1. The second-order valence-electron chi connectivity index (χ2n) is 8.22. The molecule has 1 aromatic rings. The number of amides is 4. The summed E-state index contributed by atoms with van der Waals surface area (Å²) in [5.74, 6) is -3.15. The zero-order valence-corrected chi connectivity index (χ0v) is 15.3. The summed E-state index contributed by atoms with van der Waals surface area (Å²) >= 11 is 0. The fraction of sp³-hybridized carbons (Fsp3) is 0.500. The SMILES string of the molecule is NC(=O)C[C@H]1N[C@]2(C(=O)Nc3ccccc32)[C@H]2C(=O)N(C3CCCC3)C(=O)[C@H]12. The maximum atomic E-state index is 13.5. The second kappa shape index (κ2) is 5.88. The monoisotopic (exact) mass is 382 g/mol. The second-order valence-corrected chi connectivity index (χ2v) is 8.22. The summed E-state index contributed by atoms with van der Waals surface area (Å²) in [5, 5.41) is 6.03. The Kier molecular flexibility index (Phi) is 3.64. The molecule has 0 aromatic heterocycles. The van der Waals surface area contributed by atoms with Crippen LogP contribution in [0, 0.1) is 11.8 Å². The van der Waals surface area contributed by atoms with Gasteiger partial charge in [-0.3, -0.25) is 29.4 Å². The summed E-state index contributed by atoms with van der Waals surface area (Å²) in [7, 11) is 0. The number of nitrogens with two attached hydrogens (primary N) is 1. The highest BCUT2D eigenvalue weighted by Gasteiger charge is 2.71. The smallest absolute Gasteiger partial charge is 0.250 e. The van der Waals surface area contributed by atoms with Crippen molar-refractivity contribution in [3.8, 4) is 0 Å². The van der Waals surface area contributed by atoms with Crippen molar-refractivity contribution in [2.75, 3.05) is 5.32 Å². The Morgan fingerprint density at radius 1 is 1.14 bits per heavy atom. The van der Waals surface area contributed by atoms with Gasteiger partial charge in [0.1, 0.15) is 5.54 Å². The molecule has 4 atom stereocenters. The number of hydrogen-bond donors (Lipinski definition) is 3. The number of carbonyl (C=O) groups excluding carboxylic acids is 4. The number of imide groups is 1. The summed E-state index contributed by atoms with van der Waals surface area (Å²) in [6.45, 7) is 0. The lowest BCUT2D eigenvalue weighted by molar-refractivity contribution is -0.145. The maximum Gasteiger partial charge on any atom is 0.250 e. The van der Waals surface area contributed by atoms with Crippen LogP contribution in [0.4, 0.5) is 5.69 Å². The number of para-hydroxylation sites is 1. The van der Waals surface area contributed by atoms with Gasteiger partial charge < -0.3 is 11.1 Å². The van der Waals surface area contributed by atoms with E-state index < -0.39 is 29.3 Å². The average Bonchev–Trinajstić information content (AvgIpc) is 3.37. The van der Waals surface area contributed by atoms with Gasteiger partial charge in [0, 0.05) is 29.8 Å². The molecule has 28 heavy (non-hydrogen) atoms. The largest absolute Gasteiger partial charge is 0.370 e. The molecule has 1 spiro atoms. The van der Waals surface area contributed by atoms with E-state index >= 15 is 0 Å². The van der Waals surface area contributed by atoms with Gasteiger partial charge in [0.15, 0.2) is 0 Å². The Bertz CT molecular complexity index is 909. The van der Waals surface area contributed by atoms with Gasteiger partial charge in [0.2, 0.25) is 23.6 Å². The Labute approximate surface area is 161 Å². The summed E-state index contributed by atoms with van der Waals surface area (Å²) < 4.78 is 0. The van der Waals surface area contributed by atoms with Crippen molar-refractivity contribution in [2.24, 2.45) is 17.6 Å². The van der Waals surface area contributed by atoms with Crippen LogP contribution in [0.2, 0.25) is 0 Å². The van der Waals surface area contributed by atoms with Gasteiger partial charge in [-0.15, -0.1) is 0 Å². The molecule has 1 aliphatic carbocycles. The van der Waals surface area contributed by atoms with Crippen LogP contribution in [0.25, 0.3) is 0 Å². The molecular formula is C20H22N4O4. The number of primary amides is 1. The molecule has 3 fully saturated rings. The quantitative estimate of drug-likeness (QED) is 0.646. The molecule has 1 aromatic carbocycles. The fourth-order valence-electron chi connectivity index (χ4n) is 5.69. The Morgan fingerprint density at radius 2 is 1.86 bits per heavy atom. The van der Waals surface area contributed by atoms with Gasteiger partial charge in [-0.05, 0) is 18.9 Å². The van der Waals surface area contributed by atoms with Crippen LogP contribution in [-0.2, 0) is 24.7 Å².